The van der Waals surface area contributed by atoms with Crippen LogP contribution >= 0.6 is 90.7 Å². The Hall–Kier alpha value is -3.26. The van der Waals surface area contributed by atoms with E-state index in [0.717, 1.165) is 110 Å². The zero-order chi connectivity index (χ0) is 61.1. The quantitative estimate of drug-likeness (QED) is 0.0443. The second-order valence-corrected chi connectivity index (χ2v) is 34.8. The van der Waals surface area contributed by atoms with E-state index in [1.54, 1.807) is 22.7 Å². The fraction of sp³-hybridized carbons (Fsp3) is 0.520. The minimum Gasteiger partial charge on any atom is -0.352 e. The number of unbranched alkanes of at least 4 members (excludes halogenated alkanes) is 5. The third-order valence-corrected chi connectivity index (χ3v) is 28.9. The Bertz CT molecular complexity index is 3750. The van der Waals surface area contributed by atoms with Gasteiger partial charge in [-0.1, -0.05) is 193 Å². The third kappa shape index (κ3) is 13.7. The molecule has 4 unspecified atom stereocenters. The van der Waals surface area contributed by atoms with E-state index < -0.39 is 0 Å². The summed E-state index contributed by atoms with van der Waals surface area (Å²) in [6.45, 7) is 35.1. The molecule has 462 valence electrons. The maximum absolute atomic E-state index is 16.9. The molecular weight excluding hydrogens is 1210 g/mol. The van der Waals surface area contributed by atoms with Crippen molar-refractivity contribution in [3.63, 3.8) is 0 Å². The number of rotatable bonds is 30. The molecule has 0 bridgehead atoms. The molecule has 0 amide bonds. The number of hydrogen-bond acceptors (Lipinski definition) is 9. The first kappa shape index (κ1) is 65.7. The van der Waals surface area contributed by atoms with E-state index in [-0.39, 0.29) is 23.0 Å². The van der Waals surface area contributed by atoms with Crippen molar-refractivity contribution in [3.05, 3.63) is 106 Å². The van der Waals surface area contributed by atoms with Gasteiger partial charge in [-0.05, 0) is 115 Å². The van der Waals surface area contributed by atoms with E-state index in [4.69, 9.17) is 6.58 Å². The second kappa shape index (κ2) is 28.9. The Morgan fingerprint density at radius 3 is 1.71 bits per heavy atom. The van der Waals surface area contributed by atoms with Crippen LogP contribution in [0.25, 0.3) is 76.6 Å². The first-order valence-corrected chi connectivity index (χ1v) is 39.7. The number of anilines is 2. The Labute approximate surface area is 547 Å². The van der Waals surface area contributed by atoms with Crippen LogP contribution in [0.4, 0.5) is 20.2 Å². The maximum atomic E-state index is 16.9. The van der Waals surface area contributed by atoms with Crippen LogP contribution in [0.15, 0.2) is 54.4 Å². The van der Waals surface area contributed by atoms with Gasteiger partial charge in [0.15, 0.2) is 0 Å². The van der Waals surface area contributed by atoms with E-state index in [0.29, 0.717) is 23.7 Å². The summed E-state index contributed by atoms with van der Waals surface area (Å²) in [5.41, 5.74) is 9.72. The van der Waals surface area contributed by atoms with Gasteiger partial charge in [-0.3, -0.25) is 0 Å². The lowest BCUT2D eigenvalue weighted by atomic mass is 9.87. The van der Waals surface area contributed by atoms with Crippen molar-refractivity contribution in [2.75, 3.05) is 5.32 Å². The van der Waals surface area contributed by atoms with Crippen LogP contribution in [0, 0.1) is 29.4 Å². The highest BCUT2D eigenvalue weighted by molar-refractivity contribution is 7.28. The van der Waals surface area contributed by atoms with Crippen LogP contribution in [0.1, 0.15) is 251 Å². The van der Waals surface area contributed by atoms with Gasteiger partial charge in [0.25, 0.3) is 0 Å². The molecule has 8 aromatic heterocycles. The van der Waals surface area contributed by atoms with Crippen molar-refractivity contribution in [1.82, 2.24) is 0 Å². The minimum atomic E-state index is -0.113. The average Bonchev–Trinajstić information content (AvgIpc) is 1.60. The van der Waals surface area contributed by atoms with Crippen LogP contribution in [-0.4, -0.2) is 0 Å². The molecule has 11 heteroatoms. The third-order valence-electron chi connectivity index (χ3n) is 18.6. The fourth-order valence-electron chi connectivity index (χ4n) is 13.1. The Balaban J connectivity index is 1.16. The van der Waals surface area contributed by atoms with Gasteiger partial charge in [-0.2, -0.15) is 0 Å². The van der Waals surface area contributed by atoms with Gasteiger partial charge in [0.1, 0.15) is 11.6 Å². The minimum absolute atomic E-state index is 0.0716. The molecule has 9 aromatic rings. The summed E-state index contributed by atoms with van der Waals surface area (Å²) < 4.78 is 36.0. The summed E-state index contributed by atoms with van der Waals surface area (Å²) in [6.07, 6.45) is 22.7. The topological polar surface area (TPSA) is 12.0 Å². The predicted molar refractivity (Wildman–Crippen MR) is 390 cm³/mol. The molecule has 1 nitrogen and oxygen atoms in total. The monoisotopic (exact) mass is 1300 g/mol. The summed E-state index contributed by atoms with van der Waals surface area (Å²) in [5.74, 6) is 2.24. The van der Waals surface area contributed by atoms with Crippen molar-refractivity contribution in [2.45, 2.75) is 236 Å². The highest BCUT2D eigenvalue weighted by atomic mass is 32.1. The molecule has 1 aromatic carbocycles. The maximum Gasteiger partial charge on any atom is 0.138 e. The largest absolute Gasteiger partial charge is 0.352 e. The number of benzene rings is 1. The van der Waals surface area contributed by atoms with Crippen LogP contribution in [-0.2, 0) is 24.7 Å². The number of fused-ring (bicyclic) bond motifs is 4. The summed E-state index contributed by atoms with van der Waals surface area (Å²) in [7, 11) is 0. The lowest BCUT2D eigenvalue weighted by Gasteiger charge is -2.24. The lowest BCUT2D eigenvalue weighted by Crippen LogP contribution is -2.09. The van der Waals surface area contributed by atoms with Crippen LogP contribution < -0.4 is 5.32 Å². The Morgan fingerprint density at radius 2 is 1.10 bits per heavy atom. The molecule has 0 fully saturated rings. The number of thiophene rings is 8. The molecule has 0 saturated carbocycles. The van der Waals surface area contributed by atoms with Crippen molar-refractivity contribution in [1.29, 1.82) is 0 Å². The zero-order valence-corrected chi connectivity index (χ0v) is 60.4. The molecule has 0 spiro atoms. The second-order valence-electron chi connectivity index (χ2n) is 26.2. The molecule has 86 heavy (non-hydrogen) atoms. The van der Waals surface area contributed by atoms with Gasteiger partial charge >= 0.3 is 0 Å². The average molecular weight is 1310 g/mol. The van der Waals surface area contributed by atoms with Gasteiger partial charge in [-0.25, -0.2) is 8.78 Å². The normalized spacial score (nSPS) is 14.3. The molecule has 0 radical (unpaired) electrons. The first-order valence-electron chi connectivity index (χ1n) is 33.1. The summed E-state index contributed by atoms with van der Waals surface area (Å²) >= 11 is 14.8. The number of nitrogens with one attached hydrogen (secondary N) is 1. The highest BCUT2D eigenvalue weighted by Gasteiger charge is 2.36. The van der Waals surface area contributed by atoms with E-state index >= 15 is 8.78 Å². The summed E-state index contributed by atoms with van der Waals surface area (Å²) in [4.78, 5) is 15.8. The van der Waals surface area contributed by atoms with Gasteiger partial charge in [-0.15, -0.1) is 90.7 Å². The van der Waals surface area contributed by atoms with Crippen molar-refractivity contribution in [2.24, 2.45) is 17.8 Å². The zero-order valence-electron chi connectivity index (χ0n) is 53.9. The number of hydrogen-bond donors (Lipinski definition) is 1. The van der Waals surface area contributed by atoms with E-state index in [9.17, 15) is 0 Å². The highest BCUT2D eigenvalue weighted by Crippen LogP contribution is 2.60. The standard InChI is InChI=1S/C75H95F2NS8/c1-15-23-27-31-48(22-8)70-53(77)41-61(84-70)66-50-38-58(83-72(50)67(51-39-63(75(12,13)14)85-73(51)66)60-40-52(76)56(81-60)34-45(19-5)28-24-16-2)57-37-49(42-79-57)71-65-44(11)64-59(35-46(20-6)29-25-17-3)82-62(36-47(21-7)30-26-18-4)68(64)78-69(65)74(86-71)55-33-32-54(80-55)43(9)10/h32-33,37-43,45-48,78H,11,15-31,34-36H2,1-10,12-14H3. The van der Waals surface area contributed by atoms with E-state index in [1.165, 1.54) is 146 Å². The van der Waals surface area contributed by atoms with Gasteiger partial charge in [0.05, 0.1) is 16.3 Å². The van der Waals surface area contributed by atoms with Crippen molar-refractivity contribution < 1.29 is 8.78 Å². The predicted octanol–water partition coefficient (Wildman–Crippen LogP) is 29.0. The molecule has 4 atom stereocenters. The molecule has 1 aliphatic heterocycles. The smallest absolute Gasteiger partial charge is 0.138 e. The van der Waals surface area contributed by atoms with Crippen molar-refractivity contribution in [3.8, 4) is 50.8 Å². The van der Waals surface area contributed by atoms with Crippen LogP contribution in [0.5, 0.6) is 0 Å². The van der Waals surface area contributed by atoms with E-state index in [2.05, 4.69) is 142 Å². The van der Waals surface area contributed by atoms with Gasteiger partial charge in [0, 0.05) is 112 Å². The van der Waals surface area contributed by atoms with Gasteiger partial charge in [0.2, 0.25) is 0 Å². The fourth-order valence-corrected chi connectivity index (χ4v) is 23.3. The summed E-state index contributed by atoms with van der Waals surface area (Å²) in [6, 6.07) is 15.7. The molecule has 9 heterocycles. The Morgan fingerprint density at radius 1 is 0.500 bits per heavy atom. The van der Waals surface area contributed by atoms with Crippen molar-refractivity contribution >= 4 is 128 Å². The van der Waals surface area contributed by atoms with Crippen LogP contribution in [0.2, 0.25) is 0 Å². The molecule has 1 aliphatic rings. The summed E-state index contributed by atoms with van der Waals surface area (Å²) in [5, 5.41) is 8.98. The van der Waals surface area contributed by atoms with Gasteiger partial charge < -0.3 is 5.32 Å². The first-order chi connectivity index (χ1) is 41.5. The van der Waals surface area contributed by atoms with E-state index in [1.807, 2.05) is 68.8 Å². The molecular formula is C75H95F2NS8. The lowest BCUT2D eigenvalue weighted by molar-refractivity contribution is 0.444. The molecule has 10 rings (SSSR count). The number of halogens is 2. The SMILES string of the molecule is C=C1c2c(CC(CC)CCCC)sc(CC(CC)CCCC)c2Nc2c(-c3ccc(C(C)C)s3)sc(-c3csc(-c4cc5c(-c6cc(F)c(C(CC)CCCCC)s6)c6sc(C(C)(C)C)cc6c(-c6cc(F)c(CC(CC)CCCC)s6)c5s4)c3)c21. The molecule has 0 aliphatic carbocycles. The molecule has 0 saturated heterocycles. The van der Waals surface area contributed by atoms with Crippen LogP contribution in [0.3, 0.4) is 0 Å². The Kier molecular flexibility index (Phi) is 22.1. The molecule has 1 N–H and O–H groups in total.